The number of rotatable bonds is 2. The third kappa shape index (κ3) is 3.12. The van der Waals surface area contributed by atoms with Gasteiger partial charge in [-0.1, -0.05) is 0 Å². The predicted molar refractivity (Wildman–Crippen MR) is 67.4 cm³/mol. The Kier molecular flexibility index (Phi) is 5.09. The summed E-state index contributed by atoms with van der Waals surface area (Å²) in [5.74, 6) is 0. The van der Waals surface area contributed by atoms with Gasteiger partial charge in [-0.15, -0.1) is 0 Å². The molecule has 0 aliphatic heterocycles. The van der Waals surface area contributed by atoms with E-state index in [2.05, 4.69) is 62.4 Å². The molecule has 0 spiro atoms. The van der Waals surface area contributed by atoms with E-state index >= 15 is 0 Å². The van der Waals surface area contributed by atoms with Crippen LogP contribution in [0.15, 0.2) is 48.5 Å². The van der Waals surface area contributed by atoms with Crippen LogP contribution in [-0.2, 0) is 0 Å². The Morgan fingerprint density at radius 2 is 1.06 bits per heavy atom. The van der Waals surface area contributed by atoms with Crippen molar-refractivity contribution < 1.29 is 12.4 Å². The minimum absolute atomic E-state index is 0. The summed E-state index contributed by atoms with van der Waals surface area (Å²) in [6.45, 7) is 4.39. The second-order valence-electron chi connectivity index (χ2n) is 3.86. The van der Waals surface area contributed by atoms with E-state index in [1.54, 1.807) is 0 Å². The number of hydrogen-bond donors (Lipinski definition) is 0. The van der Waals surface area contributed by atoms with Gasteiger partial charge in [0.2, 0.25) is 0 Å². The van der Waals surface area contributed by atoms with Gasteiger partial charge < -0.3 is 12.4 Å². The van der Waals surface area contributed by atoms with E-state index in [-0.39, 0.29) is 27.6 Å². The second kappa shape index (κ2) is 6.11. The normalized spacial score (nSPS) is 9.12. The van der Waals surface area contributed by atoms with Crippen molar-refractivity contribution in [1.82, 2.24) is 0 Å². The molecule has 0 unspecified atom stereocenters. The van der Waals surface area contributed by atoms with Crippen molar-refractivity contribution >= 4 is 24.1 Å². The van der Waals surface area contributed by atoms with Gasteiger partial charge in [0, 0.05) is 0 Å². The number of benzene rings is 2. The first-order chi connectivity index (χ1) is 7.27. The summed E-state index contributed by atoms with van der Waals surface area (Å²) < 4.78 is 3.01. The molecule has 0 fully saturated rings. The van der Waals surface area contributed by atoms with Crippen LogP contribution in [-0.4, -0.2) is 15.2 Å². The van der Waals surface area contributed by atoms with Gasteiger partial charge in [0.1, 0.15) is 0 Å². The maximum atomic E-state index is 2.25. The molecule has 0 N–H and O–H groups in total. The molecule has 0 bridgehead atoms. The van der Waals surface area contributed by atoms with Crippen molar-refractivity contribution in [3.8, 4) is 0 Å². The Bertz CT molecular complexity index is 422. The summed E-state index contributed by atoms with van der Waals surface area (Å²) in [6, 6.07) is 17.4. The third-order valence-electron chi connectivity index (χ3n) is 2.69. The Morgan fingerprint density at radius 3 is 1.44 bits per heavy atom. The molecule has 2 aromatic rings. The number of hydrogen-bond acceptors (Lipinski definition) is 0. The standard InChI is InChI=1S/2C7H7.Al.ClH/c2*1-7-5-3-2-4-6-7;;/h2*2-5H,1H3;;1H/q;;+1;/p-1. The first-order valence-corrected chi connectivity index (χ1v) is 6.39. The second-order valence-corrected chi connectivity index (χ2v) is 5.39. The van der Waals surface area contributed by atoms with E-state index in [0.717, 1.165) is 0 Å². The van der Waals surface area contributed by atoms with Gasteiger partial charge in [-0.2, -0.15) is 0 Å². The molecule has 0 nitrogen and oxygen atoms in total. The molecule has 0 aromatic heterocycles. The van der Waals surface area contributed by atoms with Crippen LogP contribution < -0.4 is 21.3 Å². The summed E-state index contributed by atoms with van der Waals surface area (Å²) in [6.07, 6.45) is 0. The minimum Gasteiger partial charge on any atom is -1.00 e. The van der Waals surface area contributed by atoms with Crippen LogP contribution in [0.1, 0.15) is 11.1 Å². The van der Waals surface area contributed by atoms with Gasteiger partial charge in [-0.05, 0) is 0 Å². The third-order valence-corrected chi connectivity index (χ3v) is 4.61. The van der Waals surface area contributed by atoms with Crippen LogP contribution in [0, 0.1) is 13.8 Å². The predicted octanol–water partition coefficient (Wildman–Crippen LogP) is -1.04. The first-order valence-electron chi connectivity index (χ1n) is 5.23. The number of aryl methyl sites for hydroxylation is 2. The molecule has 0 aliphatic rings. The topological polar surface area (TPSA) is 0 Å². The van der Waals surface area contributed by atoms with Crippen LogP contribution in [0.2, 0.25) is 0 Å². The van der Waals surface area contributed by atoms with Gasteiger partial charge in [0.25, 0.3) is 0 Å². The zero-order valence-electron chi connectivity index (χ0n) is 9.57. The summed E-state index contributed by atoms with van der Waals surface area (Å²) in [5.41, 5.74) is 2.83. The fourth-order valence-electron chi connectivity index (χ4n) is 1.67. The van der Waals surface area contributed by atoms with E-state index in [1.165, 1.54) is 20.0 Å². The first kappa shape index (κ1) is 13.3. The van der Waals surface area contributed by atoms with Gasteiger partial charge in [0.05, 0.1) is 0 Å². The largest absolute Gasteiger partial charge is 1.00 e. The zero-order chi connectivity index (χ0) is 10.7. The van der Waals surface area contributed by atoms with E-state index in [0.29, 0.717) is 0 Å². The van der Waals surface area contributed by atoms with Crippen LogP contribution in [0.3, 0.4) is 0 Å². The SMILES string of the molecule is Cc1cccc[c]1[Al+][c]1ccccc1C.[Cl-]. The van der Waals surface area contributed by atoms with Crippen molar-refractivity contribution in [3.63, 3.8) is 0 Å². The van der Waals surface area contributed by atoms with E-state index in [1.807, 2.05) is 0 Å². The minimum atomic E-state index is 0. The Labute approximate surface area is 110 Å². The Morgan fingerprint density at radius 1 is 0.688 bits per heavy atom. The molecular weight excluding hydrogens is 231 g/mol. The molecule has 2 rings (SSSR count). The van der Waals surface area contributed by atoms with Gasteiger partial charge >= 0.3 is 97.6 Å². The van der Waals surface area contributed by atoms with E-state index in [9.17, 15) is 0 Å². The molecular formula is C14H14AlCl. The van der Waals surface area contributed by atoms with E-state index < -0.39 is 0 Å². The van der Waals surface area contributed by atoms with Gasteiger partial charge in [-0.25, -0.2) is 0 Å². The van der Waals surface area contributed by atoms with Crippen LogP contribution >= 0.6 is 0 Å². The summed E-state index contributed by atoms with van der Waals surface area (Å²) >= 11 is 0.241. The average Bonchev–Trinajstić information content (AvgIpc) is 2.24. The molecule has 0 heterocycles. The quantitative estimate of drug-likeness (QED) is 0.593. The van der Waals surface area contributed by atoms with Crippen molar-refractivity contribution in [2.75, 3.05) is 0 Å². The van der Waals surface area contributed by atoms with Gasteiger partial charge in [-0.3, -0.25) is 0 Å². The fraction of sp³-hybridized carbons (Fsp3) is 0.143. The van der Waals surface area contributed by atoms with Crippen molar-refractivity contribution in [1.29, 1.82) is 0 Å². The molecule has 80 valence electrons. The molecule has 2 aromatic carbocycles. The molecule has 0 saturated carbocycles. The molecule has 0 amide bonds. The molecule has 0 radical (unpaired) electrons. The smallest absolute Gasteiger partial charge is 1.00 e. The van der Waals surface area contributed by atoms with Crippen molar-refractivity contribution in [2.45, 2.75) is 13.8 Å². The zero-order valence-corrected chi connectivity index (χ0v) is 11.5. The fourth-order valence-corrected chi connectivity index (χ4v) is 3.06. The van der Waals surface area contributed by atoms with Crippen molar-refractivity contribution in [2.24, 2.45) is 0 Å². The molecule has 0 atom stereocenters. The maximum absolute atomic E-state index is 2.25. The molecule has 16 heavy (non-hydrogen) atoms. The number of halogens is 1. The van der Waals surface area contributed by atoms with E-state index in [4.69, 9.17) is 0 Å². The van der Waals surface area contributed by atoms with Crippen molar-refractivity contribution in [3.05, 3.63) is 59.7 Å². The maximum Gasteiger partial charge on any atom is -1.00 e. The Balaban J connectivity index is 0.00000128. The monoisotopic (exact) mass is 244 g/mol. The summed E-state index contributed by atoms with van der Waals surface area (Å²) in [4.78, 5) is 0. The average molecular weight is 245 g/mol. The van der Waals surface area contributed by atoms with Crippen LogP contribution in [0.25, 0.3) is 0 Å². The molecule has 2 heteroatoms. The van der Waals surface area contributed by atoms with Gasteiger partial charge in [0.15, 0.2) is 0 Å². The molecule has 0 saturated heterocycles. The summed E-state index contributed by atoms with van der Waals surface area (Å²) in [5, 5.41) is 0. The summed E-state index contributed by atoms with van der Waals surface area (Å²) in [7, 11) is 0. The van der Waals surface area contributed by atoms with Crippen LogP contribution in [0.4, 0.5) is 0 Å². The molecule has 0 aliphatic carbocycles. The Hall–Kier alpha value is -0.738. The van der Waals surface area contributed by atoms with Crippen LogP contribution in [0.5, 0.6) is 0 Å².